The van der Waals surface area contributed by atoms with Crippen LogP contribution in [-0.4, -0.2) is 16.2 Å². The highest BCUT2D eigenvalue weighted by Crippen LogP contribution is 2.25. The van der Waals surface area contributed by atoms with E-state index in [1.54, 1.807) is 6.07 Å². The molecule has 0 unspecified atom stereocenters. The fourth-order valence-electron chi connectivity index (χ4n) is 1.06. The number of rotatable bonds is 2. The zero-order valence-corrected chi connectivity index (χ0v) is 11.3. The molecular weight excluding hydrogens is 358 g/mol. The molecule has 0 saturated heterocycles. The van der Waals surface area contributed by atoms with Gasteiger partial charge in [0.2, 0.25) is 0 Å². The van der Waals surface area contributed by atoms with Crippen molar-refractivity contribution in [1.82, 2.24) is 9.97 Å². The van der Waals surface area contributed by atoms with Gasteiger partial charge in [-0.2, -0.15) is 0 Å². The number of aliphatic imine (C=N–C) groups is 1. The maximum atomic E-state index is 11.3. The molecule has 0 aliphatic heterocycles. The van der Waals surface area contributed by atoms with Gasteiger partial charge in [-0.25, -0.2) is 9.79 Å². The molecule has 0 radical (unpaired) electrons. The Kier molecular flexibility index (Phi) is 3.43. The van der Waals surface area contributed by atoms with Crippen LogP contribution in [0.3, 0.4) is 0 Å². The first-order valence-electron chi connectivity index (χ1n) is 4.37. The number of nitrogens with zero attached hydrogens (tertiary/aromatic N) is 1. The molecule has 0 fully saturated rings. The Balaban J connectivity index is 2.32. The molecule has 0 spiro atoms. The second kappa shape index (κ2) is 4.84. The third kappa shape index (κ3) is 2.83. The van der Waals surface area contributed by atoms with E-state index in [4.69, 9.17) is 4.42 Å². The van der Waals surface area contributed by atoms with Crippen molar-refractivity contribution in [3.8, 4) is 0 Å². The molecule has 0 saturated carbocycles. The average Bonchev–Trinajstić information content (AvgIpc) is 2.57. The van der Waals surface area contributed by atoms with Crippen molar-refractivity contribution >= 4 is 43.8 Å². The summed E-state index contributed by atoms with van der Waals surface area (Å²) in [6.07, 6.45) is 2.60. The van der Waals surface area contributed by atoms with E-state index < -0.39 is 11.2 Å². The molecule has 2 aromatic rings. The minimum absolute atomic E-state index is 0.0910. The second-order valence-corrected chi connectivity index (χ2v) is 4.56. The number of aromatic amines is 2. The van der Waals surface area contributed by atoms with Crippen molar-refractivity contribution in [3.05, 3.63) is 48.0 Å². The van der Waals surface area contributed by atoms with Crippen LogP contribution >= 0.6 is 31.9 Å². The quantitative estimate of drug-likeness (QED) is 0.799. The minimum Gasteiger partial charge on any atom is -0.447 e. The topological polar surface area (TPSA) is 91.2 Å². The van der Waals surface area contributed by atoms with E-state index in [1.807, 2.05) is 0 Å². The van der Waals surface area contributed by atoms with Gasteiger partial charge in [0.15, 0.2) is 4.67 Å². The molecule has 0 atom stereocenters. The maximum Gasteiger partial charge on any atom is 0.325 e. The fourth-order valence-corrected chi connectivity index (χ4v) is 1.67. The molecule has 88 valence electrons. The van der Waals surface area contributed by atoms with E-state index in [1.165, 1.54) is 12.4 Å². The fraction of sp³-hybridized carbons (Fsp3) is 0. The number of furan rings is 1. The van der Waals surface area contributed by atoms with Gasteiger partial charge in [0.05, 0.1) is 10.7 Å². The lowest BCUT2D eigenvalue weighted by molar-refractivity contribution is 0.533. The predicted molar refractivity (Wildman–Crippen MR) is 69.0 cm³/mol. The summed E-state index contributed by atoms with van der Waals surface area (Å²) in [5.41, 5.74) is -1.04. The summed E-state index contributed by atoms with van der Waals surface area (Å²) >= 11 is 6.42. The third-order valence-electron chi connectivity index (χ3n) is 1.79. The smallest absolute Gasteiger partial charge is 0.325 e. The van der Waals surface area contributed by atoms with Crippen LogP contribution in [0, 0.1) is 0 Å². The standard InChI is InChI=1S/C9H5Br2N3O3/c10-5-1-4(17-7(5)11)2-12-6-3-13-9(16)14-8(6)15/h1-3H,(H2,13,14,15,16). The average molecular weight is 363 g/mol. The van der Waals surface area contributed by atoms with Crippen LogP contribution in [-0.2, 0) is 0 Å². The Hall–Kier alpha value is -1.41. The molecule has 0 amide bonds. The van der Waals surface area contributed by atoms with Crippen LogP contribution in [0.2, 0.25) is 0 Å². The minimum atomic E-state index is -0.572. The van der Waals surface area contributed by atoms with Crippen molar-refractivity contribution in [3.63, 3.8) is 0 Å². The van der Waals surface area contributed by atoms with Gasteiger partial charge in [0, 0.05) is 12.3 Å². The monoisotopic (exact) mass is 361 g/mol. The summed E-state index contributed by atoms with van der Waals surface area (Å²) in [6.45, 7) is 0. The molecule has 0 aliphatic rings. The summed E-state index contributed by atoms with van der Waals surface area (Å²) in [5, 5.41) is 0. The van der Waals surface area contributed by atoms with E-state index >= 15 is 0 Å². The third-order valence-corrected chi connectivity index (χ3v) is 3.50. The van der Waals surface area contributed by atoms with Gasteiger partial charge in [-0.3, -0.25) is 9.78 Å². The van der Waals surface area contributed by atoms with Crippen LogP contribution in [0.1, 0.15) is 5.76 Å². The molecular formula is C9H5Br2N3O3. The Labute approximate surface area is 111 Å². The highest BCUT2D eigenvalue weighted by atomic mass is 79.9. The zero-order valence-electron chi connectivity index (χ0n) is 8.16. The SMILES string of the molecule is O=c1[nH]cc(N=Cc2cc(Br)c(Br)o2)c(=O)[nH]1. The lowest BCUT2D eigenvalue weighted by Crippen LogP contribution is -2.20. The van der Waals surface area contributed by atoms with Crippen LogP contribution in [0.15, 0.2) is 40.4 Å². The second-order valence-electron chi connectivity index (χ2n) is 2.99. The summed E-state index contributed by atoms with van der Waals surface area (Å²) in [7, 11) is 0. The maximum absolute atomic E-state index is 11.3. The lowest BCUT2D eigenvalue weighted by Gasteiger charge is -1.89. The van der Waals surface area contributed by atoms with Gasteiger partial charge >= 0.3 is 5.69 Å². The zero-order chi connectivity index (χ0) is 12.4. The lowest BCUT2D eigenvalue weighted by atomic mass is 10.5. The first-order chi connectivity index (χ1) is 8.06. The molecule has 0 bridgehead atoms. The Morgan fingerprint density at radius 2 is 2.12 bits per heavy atom. The highest BCUT2D eigenvalue weighted by molar-refractivity contribution is 9.13. The van der Waals surface area contributed by atoms with E-state index in [-0.39, 0.29) is 5.69 Å². The Bertz CT molecular complexity index is 664. The first-order valence-corrected chi connectivity index (χ1v) is 5.96. The molecule has 2 N–H and O–H groups in total. The first kappa shape index (κ1) is 12.1. The highest BCUT2D eigenvalue weighted by Gasteiger charge is 2.04. The molecule has 2 aromatic heterocycles. The number of nitrogens with one attached hydrogen (secondary N) is 2. The van der Waals surface area contributed by atoms with Crippen molar-refractivity contribution in [2.75, 3.05) is 0 Å². The van der Waals surface area contributed by atoms with Crippen molar-refractivity contribution in [2.45, 2.75) is 0 Å². The van der Waals surface area contributed by atoms with Gasteiger partial charge in [-0.15, -0.1) is 0 Å². The van der Waals surface area contributed by atoms with Crippen LogP contribution in [0.5, 0.6) is 0 Å². The van der Waals surface area contributed by atoms with Crippen LogP contribution in [0.4, 0.5) is 5.69 Å². The molecule has 2 heterocycles. The van der Waals surface area contributed by atoms with E-state index in [0.717, 1.165) is 4.47 Å². The largest absolute Gasteiger partial charge is 0.447 e. The van der Waals surface area contributed by atoms with E-state index in [0.29, 0.717) is 10.4 Å². The van der Waals surface area contributed by atoms with Gasteiger partial charge < -0.3 is 9.40 Å². The Morgan fingerprint density at radius 3 is 2.71 bits per heavy atom. The molecule has 0 aromatic carbocycles. The van der Waals surface area contributed by atoms with Gasteiger partial charge in [-0.1, -0.05) is 0 Å². The number of hydrogen-bond acceptors (Lipinski definition) is 4. The van der Waals surface area contributed by atoms with Gasteiger partial charge in [0.1, 0.15) is 11.4 Å². The number of aromatic nitrogens is 2. The molecule has 0 aliphatic carbocycles. The van der Waals surface area contributed by atoms with E-state index in [9.17, 15) is 9.59 Å². The van der Waals surface area contributed by atoms with Crippen LogP contribution < -0.4 is 11.2 Å². The van der Waals surface area contributed by atoms with Gasteiger partial charge in [-0.05, 0) is 31.9 Å². The summed E-state index contributed by atoms with van der Waals surface area (Å²) in [5.74, 6) is 0.467. The summed E-state index contributed by atoms with van der Waals surface area (Å²) < 4.78 is 6.52. The van der Waals surface area contributed by atoms with Crippen molar-refractivity contribution in [2.24, 2.45) is 4.99 Å². The number of halogens is 2. The molecule has 8 heteroatoms. The Morgan fingerprint density at radius 1 is 1.35 bits per heavy atom. The molecule has 2 rings (SSSR count). The van der Waals surface area contributed by atoms with Crippen molar-refractivity contribution < 1.29 is 4.42 Å². The molecule has 17 heavy (non-hydrogen) atoms. The van der Waals surface area contributed by atoms with Crippen molar-refractivity contribution in [1.29, 1.82) is 0 Å². The number of H-pyrrole nitrogens is 2. The normalized spacial score (nSPS) is 11.2. The summed E-state index contributed by atoms with van der Waals surface area (Å²) in [6, 6.07) is 1.69. The van der Waals surface area contributed by atoms with Crippen LogP contribution in [0.25, 0.3) is 0 Å². The summed E-state index contributed by atoms with van der Waals surface area (Å²) in [4.78, 5) is 30.3. The molecule has 6 nitrogen and oxygen atoms in total. The predicted octanol–water partition coefficient (Wildman–Crippen LogP) is 1.93. The van der Waals surface area contributed by atoms with E-state index in [2.05, 4.69) is 46.8 Å². The number of hydrogen-bond donors (Lipinski definition) is 2. The van der Waals surface area contributed by atoms with Gasteiger partial charge in [0.25, 0.3) is 5.56 Å².